The third kappa shape index (κ3) is 2.34. The van der Waals surface area contributed by atoms with Crippen molar-refractivity contribution in [3.8, 4) is 0 Å². The highest BCUT2D eigenvalue weighted by atomic mass is 35.5. The average Bonchev–Trinajstić information content (AvgIpc) is 2.91. The molecule has 110 valence electrons. The molecule has 2 atom stereocenters. The van der Waals surface area contributed by atoms with Crippen LogP contribution in [0.5, 0.6) is 0 Å². The Bertz CT molecular complexity index is 323. The molecule has 0 aromatic heterocycles. The first kappa shape index (κ1) is 15.6. The summed E-state index contributed by atoms with van der Waals surface area (Å²) < 4.78 is 18.1. The summed E-state index contributed by atoms with van der Waals surface area (Å²) in [5.74, 6) is 0.404. The Kier molecular flexibility index (Phi) is 4.00. The molecule has 1 N–H and O–H groups in total. The molecule has 1 spiro atoms. The highest BCUT2D eigenvalue weighted by Gasteiger charge is 2.60. The zero-order valence-electron chi connectivity index (χ0n) is 12.3. The van der Waals surface area contributed by atoms with Crippen molar-refractivity contribution in [2.45, 2.75) is 51.1 Å². The van der Waals surface area contributed by atoms with Crippen LogP contribution in [0.3, 0.4) is 0 Å². The fraction of sp³-hybridized carbons (Fsp3) is 1.00. The van der Waals surface area contributed by atoms with Gasteiger partial charge in [-0.3, -0.25) is 0 Å². The van der Waals surface area contributed by atoms with Gasteiger partial charge in [0.1, 0.15) is 0 Å². The van der Waals surface area contributed by atoms with Crippen LogP contribution in [0.25, 0.3) is 0 Å². The van der Waals surface area contributed by atoms with Crippen molar-refractivity contribution in [2.75, 3.05) is 26.3 Å². The van der Waals surface area contributed by atoms with Crippen LogP contribution in [-0.4, -0.2) is 44.6 Å². The van der Waals surface area contributed by atoms with E-state index in [1.165, 1.54) is 0 Å². The van der Waals surface area contributed by atoms with Gasteiger partial charge in [-0.05, 0) is 40.7 Å². The number of halogens is 1. The summed E-state index contributed by atoms with van der Waals surface area (Å²) in [7, 11) is -0.105. The number of hydrogen-bond donors (Lipinski definition) is 1. The van der Waals surface area contributed by atoms with Crippen molar-refractivity contribution >= 4 is 19.5 Å². The maximum atomic E-state index is 6.22. The predicted octanol–water partition coefficient (Wildman–Crippen LogP) is 1.88. The molecule has 3 aliphatic heterocycles. The van der Waals surface area contributed by atoms with E-state index in [1.807, 2.05) is 0 Å². The Morgan fingerprint density at radius 2 is 1.74 bits per heavy atom. The lowest BCUT2D eigenvalue weighted by Gasteiger charge is -2.32. The molecule has 2 unspecified atom stereocenters. The van der Waals surface area contributed by atoms with Gasteiger partial charge in [0.25, 0.3) is 0 Å². The summed E-state index contributed by atoms with van der Waals surface area (Å²) in [4.78, 5) is 0. The summed E-state index contributed by atoms with van der Waals surface area (Å²) in [6, 6.07) is 0. The van der Waals surface area contributed by atoms with Gasteiger partial charge in [-0.25, -0.2) is 0 Å². The Balaban J connectivity index is 0.00000133. The second kappa shape index (κ2) is 4.88. The zero-order chi connectivity index (χ0) is 13.0. The highest BCUT2D eigenvalue weighted by molar-refractivity contribution is 6.48. The van der Waals surface area contributed by atoms with Crippen molar-refractivity contribution in [2.24, 2.45) is 5.41 Å². The molecule has 0 saturated carbocycles. The summed E-state index contributed by atoms with van der Waals surface area (Å²) in [5, 5.41) is 3.50. The van der Waals surface area contributed by atoms with Crippen LogP contribution in [0.4, 0.5) is 0 Å². The van der Waals surface area contributed by atoms with Crippen LogP contribution >= 0.6 is 12.4 Å². The average molecular weight is 290 g/mol. The number of nitrogens with one attached hydrogen (secondary N) is 1. The van der Waals surface area contributed by atoms with Crippen LogP contribution in [0, 0.1) is 5.41 Å². The van der Waals surface area contributed by atoms with E-state index in [2.05, 4.69) is 33.0 Å². The van der Waals surface area contributed by atoms with Gasteiger partial charge < -0.3 is 19.4 Å². The number of rotatable bonds is 1. The maximum Gasteiger partial charge on any atom is 0.463 e. The standard InChI is InChI=1S/C13H24BNO3.ClH/c1-11(2)12(3,4)18-14(17-11)10-7-15-8-13(10)5-6-16-9-13;/h10,15H,5-9H2,1-4H3;1H. The molecule has 3 saturated heterocycles. The largest absolute Gasteiger partial charge is 0.463 e. The van der Waals surface area contributed by atoms with Gasteiger partial charge in [0.2, 0.25) is 0 Å². The van der Waals surface area contributed by atoms with Gasteiger partial charge in [0.05, 0.1) is 17.8 Å². The summed E-state index contributed by atoms with van der Waals surface area (Å²) >= 11 is 0. The van der Waals surface area contributed by atoms with Crippen molar-refractivity contribution in [3.63, 3.8) is 0 Å². The maximum absolute atomic E-state index is 6.22. The molecule has 0 bridgehead atoms. The molecule has 19 heavy (non-hydrogen) atoms. The minimum absolute atomic E-state index is 0. The molecule has 0 aromatic rings. The van der Waals surface area contributed by atoms with Crippen molar-refractivity contribution in [1.82, 2.24) is 5.32 Å². The van der Waals surface area contributed by atoms with Crippen molar-refractivity contribution in [1.29, 1.82) is 0 Å². The normalized spacial score (nSPS) is 39.8. The first-order chi connectivity index (χ1) is 8.36. The summed E-state index contributed by atoms with van der Waals surface area (Å²) in [6.07, 6.45) is 1.12. The van der Waals surface area contributed by atoms with Gasteiger partial charge in [-0.2, -0.15) is 0 Å². The molecular weight excluding hydrogens is 264 g/mol. The lowest BCUT2D eigenvalue weighted by molar-refractivity contribution is 0.00578. The molecule has 0 radical (unpaired) electrons. The molecular formula is C13H25BClNO3. The first-order valence-corrected chi connectivity index (χ1v) is 7.01. The van der Waals surface area contributed by atoms with E-state index < -0.39 is 0 Å². The summed E-state index contributed by atoms with van der Waals surface area (Å²) in [5.41, 5.74) is -0.247. The molecule has 3 fully saturated rings. The SMILES string of the molecule is CC1(C)OB(C2CNCC23CCOC3)OC1(C)C.Cl. The van der Waals surface area contributed by atoms with Gasteiger partial charge in [0, 0.05) is 24.4 Å². The van der Waals surface area contributed by atoms with Crippen LogP contribution in [0.1, 0.15) is 34.1 Å². The molecule has 0 aromatic carbocycles. The Morgan fingerprint density at radius 1 is 1.11 bits per heavy atom. The van der Waals surface area contributed by atoms with Gasteiger partial charge in [-0.15, -0.1) is 12.4 Å². The van der Waals surface area contributed by atoms with E-state index in [0.29, 0.717) is 5.82 Å². The Labute approximate surface area is 122 Å². The monoisotopic (exact) mass is 289 g/mol. The van der Waals surface area contributed by atoms with Crippen LogP contribution in [0.2, 0.25) is 5.82 Å². The van der Waals surface area contributed by atoms with E-state index in [-0.39, 0.29) is 36.1 Å². The lowest BCUT2D eigenvalue weighted by Crippen LogP contribution is -2.41. The van der Waals surface area contributed by atoms with E-state index >= 15 is 0 Å². The Hall–Kier alpha value is 0.195. The molecule has 3 aliphatic rings. The smallest absolute Gasteiger partial charge is 0.403 e. The molecule has 0 amide bonds. The summed E-state index contributed by atoms with van der Waals surface area (Å²) in [6.45, 7) is 12.2. The van der Waals surface area contributed by atoms with Crippen molar-refractivity contribution < 1.29 is 14.0 Å². The van der Waals surface area contributed by atoms with Crippen LogP contribution in [0.15, 0.2) is 0 Å². The second-order valence-electron chi connectivity index (χ2n) is 7.03. The quantitative estimate of drug-likeness (QED) is 0.748. The van der Waals surface area contributed by atoms with Gasteiger partial charge in [-0.1, -0.05) is 0 Å². The third-order valence-corrected chi connectivity index (χ3v) is 5.36. The molecule has 4 nitrogen and oxygen atoms in total. The Morgan fingerprint density at radius 3 is 2.26 bits per heavy atom. The minimum atomic E-state index is -0.235. The molecule has 3 heterocycles. The highest BCUT2D eigenvalue weighted by Crippen LogP contribution is 2.50. The molecule has 6 heteroatoms. The fourth-order valence-electron chi connectivity index (χ4n) is 3.32. The number of hydrogen-bond acceptors (Lipinski definition) is 4. The first-order valence-electron chi connectivity index (χ1n) is 7.01. The minimum Gasteiger partial charge on any atom is -0.403 e. The van der Waals surface area contributed by atoms with E-state index in [9.17, 15) is 0 Å². The third-order valence-electron chi connectivity index (χ3n) is 5.36. The second-order valence-corrected chi connectivity index (χ2v) is 7.03. The van der Waals surface area contributed by atoms with Crippen LogP contribution < -0.4 is 5.32 Å². The van der Waals surface area contributed by atoms with E-state index in [1.54, 1.807) is 0 Å². The van der Waals surface area contributed by atoms with Gasteiger partial charge in [0.15, 0.2) is 0 Å². The lowest BCUT2D eigenvalue weighted by atomic mass is 9.58. The topological polar surface area (TPSA) is 39.7 Å². The molecule has 3 rings (SSSR count). The van der Waals surface area contributed by atoms with E-state index in [0.717, 1.165) is 32.7 Å². The predicted molar refractivity (Wildman–Crippen MR) is 77.8 cm³/mol. The zero-order valence-corrected chi connectivity index (χ0v) is 13.1. The van der Waals surface area contributed by atoms with Crippen LogP contribution in [-0.2, 0) is 14.0 Å². The molecule has 0 aliphatic carbocycles. The van der Waals surface area contributed by atoms with Gasteiger partial charge >= 0.3 is 7.12 Å². The van der Waals surface area contributed by atoms with E-state index in [4.69, 9.17) is 14.0 Å². The van der Waals surface area contributed by atoms with Crippen molar-refractivity contribution in [3.05, 3.63) is 0 Å². The fourth-order valence-corrected chi connectivity index (χ4v) is 3.32. The number of ether oxygens (including phenoxy) is 1.